The Hall–Kier alpha value is -1.32. The molecule has 0 aromatic rings. The zero-order valence-corrected chi connectivity index (χ0v) is 5.80. The Bertz CT molecular complexity index is 255. The molecular weight excluding hydrogens is 149 g/mol. The predicted octanol–water partition coefficient (Wildman–Crippen LogP) is 0.931. The van der Waals surface area contributed by atoms with Crippen molar-refractivity contribution in [3.8, 4) is 0 Å². The van der Waals surface area contributed by atoms with Crippen LogP contribution in [0.25, 0.3) is 0 Å². The maximum absolute atomic E-state index is 12.5. The normalized spacial score (nSPS) is 18.1. The molecule has 0 heterocycles. The fourth-order valence-electron chi connectivity index (χ4n) is 0.896. The predicted molar refractivity (Wildman–Crippen MR) is 37.3 cm³/mol. The summed E-state index contributed by atoms with van der Waals surface area (Å²) in [5, 5.41) is 8.47. The number of halogens is 1. The Kier molecular flexibility index (Phi) is 1.94. The quantitative estimate of drug-likeness (QED) is 0.595. The first kappa shape index (κ1) is 7.78. The summed E-state index contributed by atoms with van der Waals surface area (Å²) in [6, 6.07) is 0. The highest BCUT2D eigenvalue weighted by Gasteiger charge is 2.15. The van der Waals surface area contributed by atoms with Crippen LogP contribution in [-0.4, -0.2) is 11.1 Å². The second-order valence-electron chi connectivity index (χ2n) is 2.33. The molecule has 0 aromatic heterocycles. The summed E-state index contributed by atoms with van der Waals surface area (Å²) in [4.78, 5) is 10.3. The lowest BCUT2D eigenvalue weighted by Gasteiger charge is -2.08. The van der Waals surface area contributed by atoms with Crippen LogP contribution >= 0.6 is 0 Å². The van der Waals surface area contributed by atoms with Crippen LogP contribution < -0.4 is 5.73 Å². The lowest BCUT2D eigenvalue weighted by atomic mass is 10.0. The number of rotatable bonds is 1. The maximum atomic E-state index is 12.5. The van der Waals surface area contributed by atoms with E-state index in [4.69, 9.17) is 10.8 Å². The van der Waals surface area contributed by atoms with Gasteiger partial charge in [0.1, 0.15) is 5.83 Å². The van der Waals surface area contributed by atoms with E-state index in [1.165, 1.54) is 6.08 Å². The smallest absolute Gasteiger partial charge is 0.331 e. The van der Waals surface area contributed by atoms with E-state index in [0.717, 1.165) is 0 Å². The number of carbonyl (C=O) groups is 1. The molecule has 3 N–H and O–H groups in total. The minimum Gasteiger partial charge on any atom is -0.478 e. The maximum Gasteiger partial charge on any atom is 0.331 e. The topological polar surface area (TPSA) is 63.3 Å². The molecule has 11 heavy (non-hydrogen) atoms. The van der Waals surface area contributed by atoms with E-state index in [1.807, 2.05) is 0 Å². The van der Waals surface area contributed by atoms with Crippen LogP contribution in [0.3, 0.4) is 0 Å². The first-order valence-corrected chi connectivity index (χ1v) is 3.19. The zero-order chi connectivity index (χ0) is 8.43. The average Bonchev–Trinajstić information content (AvgIpc) is 1.94. The molecule has 0 saturated carbocycles. The summed E-state index contributed by atoms with van der Waals surface area (Å²) in [5.41, 5.74) is 5.28. The third kappa shape index (κ3) is 1.58. The zero-order valence-electron chi connectivity index (χ0n) is 5.80. The van der Waals surface area contributed by atoms with Gasteiger partial charge in [-0.25, -0.2) is 9.18 Å². The molecule has 0 fully saturated rings. The van der Waals surface area contributed by atoms with E-state index in [-0.39, 0.29) is 24.1 Å². The van der Waals surface area contributed by atoms with Crippen molar-refractivity contribution < 1.29 is 14.3 Å². The van der Waals surface area contributed by atoms with Gasteiger partial charge in [0.25, 0.3) is 0 Å². The highest BCUT2D eigenvalue weighted by molar-refractivity contribution is 5.87. The minimum absolute atomic E-state index is 0.0614. The van der Waals surface area contributed by atoms with Crippen LogP contribution in [0.1, 0.15) is 12.8 Å². The fourth-order valence-corrected chi connectivity index (χ4v) is 0.896. The number of hydrogen-bond acceptors (Lipinski definition) is 2. The molecule has 0 amide bonds. The Morgan fingerprint density at radius 3 is 2.73 bits per heavy atom. The molecule has 0 aliphatic heterocycles. The standard InChI is InChI=1S/C7H8FNO2/c8-5-2-1-4(7(10)11)3-6(5)9/h3H,1-2,9H2,(H,10,11). The number of carboxylic acid groups (broad SMARTS) is 1. The first-order chi connectivity index (χ1) is 5.11. The molecule has 1 aliphatic carbocycles. The van der Waals surface area contributed by atoms with Gasteiger partial charge in [-0.2, -0.15) is 0 Å². The van der Waals surface area contributed by atoms with Crippen LogP contribution in [0, 0.1) is 0 Å². The van der Waals surface area contributed by atoms with Crippen LogP contribution in [0.5, 0.6) is 0 Å². The summed E-state index contributed by atoms with van der Waals surface area (Å²) < 4.78 is 12.5. The lowest BCUT2D eigenvalue weighted by molar-refractivity contribution is -0.132. The van der Waals surface area contributed by atoms with Gasteiger partial charge < -0.3 is 10.8 Å². The fraction of sp³-hybridized carbons (Fsp3) is 0.286. The van der Waals surface area contributed by atoms with Gasteiger partial charge in [-0.05, 0) is 12.5 Å². The van der Waals surface area contributed by atoms with Crippen molar-refractivity contribution >= 4 is 5.97 Å². The SMILES string of the molecule is NC1=C(F)CCC(C(=O)O)=C1. The van der Waals surface area contributed by atoms with Gasteiger partial charge in [-0.15, -0.1) is 0 Å². The number of nitrogens with two attached hydrogens (primary N) is 1. The van der Waals surface area contributed by atoms with Gasteiger partial charge in [0.15, 0.2) is 0 Å². The molecule has 0 saturated heterocycles. The molecule has 1 rings (SSSR count). The number of allylic oxidation sites excluding steroid dienone is 2. The molecule has 1 aliphatic rings. The Labute approximate surface area is 63.0 Å². The van der Waals surface area contributed by atoms with E-state index < -0.39 is 11.8 Å². The van der Waals surface area contributed by atoms with Gasteiger partial charge in [-0.3, -0.25) is 0 Å². The van der Waals surface area contributed by atoms with Crippen molar-refractivity contribution in [1.29, 1.82) is 0 Å². The van der Waals surface area contributed by atoms with Crippen molar-refractivity contribution in [2.45, 2.75) is 12.8 Å². The third-order valence-electron chi connectivity index (χ3n) is 1.53. The summed E-state index contributed by atoms with van der Waals surface area (Å²) in [5.74, 6) is -1.45. The Morgan fingerprint density at radius 2 is 2.27 bits per heavy atom. The van der Waals surface area contributed by atoms with Gasteiger partial charge in [0.05, 0.1) is 5.70 Å². The number of hydrogen-bond donors (Lipinski definition) is 2. The van der Waals surface area contributed by atoms with E-state index in [1.54, 1.807) is 0 Å². The largest absolute Gasteiger partial charge is 0.478 e. The molecule has 0 radical (unpaired) electrons. The van der Waals surface area contributed by atoms with Crippen LogP contribution in [0.15, 0.2) is 23.2 Å². The molecule has 0 atom stereocenters. The van der Waals surface area contributed by atoms with Crippen LogP contribution in [0.2, 0.25) is 0 Å². The summed E-state index contributed by atoms with van der Waals surface area (Å²) in [6.07, 6.45) is 1.49. The van der Waals surface area contributed by atoms with E-state index >= 15 is 0 Å². The van der Waals surface area contributed by atoms with Crippen molar-refractivity contribution in [3.63, 3.8) is 0 Å². The lowest BCUT2D eigenvalue weighted by Crippen LogP contribution is -2.09. The highest BCUT2D eigenvalue weighted by atomic mass is 19.1. The molecule has 0 bridgehead atoms. The Balaban J connectivity index is 2.89. The second-order valence-corrected chi connectivity index (χ2v) is 2.33. The molecule has 0 unspecified atom stereocenters. The van der Waals surface area contributed by atoms with Crippen molar-refractivity contribution in [2.75, 3.05) is 0 Å². The summed E-state index contributed by atoms with van der Waals surface area (Å²) in [7, 11) is 0. The van der Waals surface area contributed by atoms with E-state index in [2.05, 4.69) is 0 Å². The highest BCUT2D eigenvalue weighted by Crippen LogP contribution is 2.21. The molecular formula is C7H8FNO2. The van der Waals surface area contributed by atoms with Crippen molar-refractivity contribution in [2.24, 2.45) is 5.73 Å². The van der Waals surface area contributed by atoms with Gasteiger partial charge in [0, 0.05) is 12.0 Å². The molecule has 60 valence electrons. The van der Waals surface area contributed by atoms with Gasteiger partial charge in [0.2, 0.25) is 0 Å². The van der Waals surface area contributed by atoms with Crippen molar-refractivity contribution in [1.82, 2.24) is 0 Å². The van der Waals surface area contributed by atoms with Crippen molar-refractivity contribution in [3.05, 3.63) is 23.2 Å². The molecule has 0 spiro atoms. The summed E-state index contributed by atoms with van der Waals surface area (Å²) in [6.45, 7) is 0. The first-order valence-electron chi connectivity index (χ1n) is 3.19. The van der Waals surface area contributed by atoms with Gasteiger partial charge >= 0.3 is 5.97 Å². The molecule has 3 nitrogen and oxygen atoms in total. The molecule has 4 heteroatoms. The minimum atomic E-state index is -1.03. The van der Waals surface area contributed by atoms with E-state index in [0.29, 0.717) is 0 Å². The number of aliphatic carboxylic acids is 1. The Morgan fingerprint density at radius 1 is 1.64 bits per heavy atom. The monoisotopic (exact) mass is 157 g/mol. The average molecular weight is 157 g/mol. The van der Waals surface area contributed by atoms with Crippen LogP contribution in [-0.2, 0) is 4.79 Å². The number of carboxylic acids is 1. The van der Waals surface area contributed by atoms with Crippen LogP contribution in [0.4, 0.5) is 4.39 Å². The third-order valence-corrected chi connectivity index (χ3v) is 1.53. The summed E-state index contributed by atoms with van der Waals surface area (Å²) >= 11 is 0. The van der Waals surface area contributed by atoms with E-state index in [9.17, 15) is 9.18 Å². The molecule has 0 aromatic carbocycles. The van der Waals surface area contributed by atoms with Gasteiger partial charge in [-0.1, -0.05) is 0 Å². The second kappa shape index (κ2) is 2.74.